The average molecular weight is 201 g/mol. The van der Waals surface area contributed by atoms with Crippen LogP contribution in [0.2, 0.25) is 0 Å². The van der Waals surface area contributed by atoms with E-state index < -0.39 is 0 Å². The highest BCUT2D eigenvalue weighted by Gasteiger charge is 2.32. The summed E-state index contributed by atoms with van der Waals surface area (Å²) in [5.41, 5.74) is 1.14. The van der Waals surface area contributed by atoms with Crippen molar-refractivity contribution in [1.82, 2.24) is 0 Å². The van der Waals surface area contributed by atoms with Gasteiger partial charge in [-0.1, -0.05) is 41.6 Å². The van der Waals surface area contributed by atoms with Crippen molar-refractivity contribution in [2.45, 2.75) is 13.0 Å². The summed E-state index contributed by atoms with van der Waals surface area (Å²) in [7, 11) is 0. The Hall–Kier alpha value is -1.57. The predicted octanol–water partition coefficient (Wildman–Crippen LogP) is 3.01. The number of nitrogens with zero attached hydrogens (tertiary/aromatic N) is 1. The van der Waals surface area contributed by atoms with Crippen molar-refractivity contribution in [3.05, 3.63) is 48.6 Å². The van der Waals surface area contributed by atoms with E-state index in [2.05, 4.69) is 11.7 Å². The summed E-state index contributed by atoms with van der Waals surface area (Å²) in [6, 6.07) is 10.0. The molecule has 0 spiro atoms. The molecule has 0 aliphatic heterocycles. The number of hydrogen-bond acceptors (Lipinski definition) is 2. The van der Waals surface area contributed by atoms with Gasteiger partial charge < -0.3 is 4.84 Å². The van der Waals surface area contributed by atoms with Gasteiger partial charge in [-0.05, 0) is 17.9 Å². The van der Waals surface area contributed by atoms with E-state index in [1.165, 1.54) is 6.42 Å². The Morgan fingerprint density at radius 2 is 2.13 bits per heavy atom. The molecule has 2 atom stereocenters. The molecule has 1 aliphatic carbocycles. The van der Waals surface area contributed by atoms with Gasteiger partial charge in [-0.15, -0.1) is 6.58 Å². The molecule has 78 valence electrons. The fourth-order valence-corrected chi connectivity index (χ4v) is 1.49. The normalized spacial score (nSPS) is 24.0. The summed E-state index contributed by atoms with van der Waals surface area (Å²) >= 11 is 0. The van der Waals surface area contributed by atoms with Crippen molar-refractivity contribution >= 4 is 6.21 Å². The van der Waals surface area contributed by atoms with Crippen molar-refractivity contribution < 1.29 is 4.84 Å². The second kappa shape index (κ2) is 4.78. The van der Waals surface area contributed by atoms with E-state index in [0.29, 0.717) is 18.4 Å². The van der Waals surface area contributed by atoms with Gasteiger partial charge in [-0.2, -0.15) is 0 Å². The largest absolute Gasteiger partial charge is 0.391 e. The smallest absolute Gasteiger partial charge is 0.142 e. The molecule has 0 bridgehead atoms. The summed E-state index contributed by atoms with van der Waals surface area (Å²) in [4.78, 5) is 5.20. The minimum absolute atomic E-state index is 0.544. The Balaban J connectivity index is 1.69. The van der Waals surface area contributed by atoms with Gasteiger partial charge in [0, 0.05) is 12.1 Å². The summed E-state index contributed by atoms with van der Waals surface area (Å²) in [5, 5.41) is 3.95. The first-order valence-electron chi connectivity index (χ1n) is 5.22. The molecule has 2 rings (SSSR count). The zero-order valence-corrected chi connectivity index (χ0v) is 8.67. The van der Waals surface area contributed by atoms with Gasteiger partial charge in [-0.25, -0.2) is 0 Å². The summed E-state index contributed by atoms with van der Waals surface area (Å²) < 4.78 is 0. The van der Waals surface area contributed by atoms with Gasteiger partial charge in [-0.3, -0.25) is 0 Å². The number of oxime groups is 1. The highest BCUT2D eigenvalue weighted by molar-refractivity contribution is 5.64. The van der Waals surface area contributed by atoms with Gasteiger partial charge in [0.15, 0.2) is 0 Å². The lowest BCUT2D eigenvalue weighted by Crippen LogP contribution is -1.88. The average Bonchev–Trinajstić information content (AvgIpc) is 3.05. The van der Waals surface area contributed by atoms with Crippen molar-refractivity contribution in [3.8, 4) is 0 Å². The molecule has 2 nitrogen and oxygen atoms in total. The molecule has 0 saturated heterocycles. The Bertz CT molecular complexity index is 345. The number of rotatable bonds is 5. The molecule has 0 heterocycles. The lowest BCUT2D eigenvalue weighted by molar-refractivity contribution is 0.131. The first-order chi connectivity index (χ1) is 7.40. The maximum absolute atomic E-state index is 5.20. The Labute approximate surface area is 90.3 Å². The van der Waals surface area contributed by atoms with Crippen LogP contribution < -0.4 is 0 Å². The lowest BCUT2D eigenvalue weighted by atomic mass is 10.2. The second-order valence-corrected chi connectivity index (χ2v) is 3.81. The predicted molar refractivity (Wildman–Crippen MR) is 61.5 cm³/mol. The standard InChI is InChI=1S/C13H15NO/c1-2-12-8-13(12)9-14-15-10-11-6-4-3-5-7-11/h2-7,9,12-13H,1,8,10H2/b14-9+/t12-,13+/m0/s1. The maximum atomic E-state index is 5.20. The van der Waals surface area contributed by atoms with E-state index in [1.54, 1.807) is 0 Å². The zero-order valence-electron chi connectivity index (χ0n) is 8.67. The van der Waals surface area contributed by atoms with E-state index in [-0.39, 0.29) is 0 Å². The van der Waals surface area contributed by atoms with Crippen molar-refractivity contribution in [2.24, 2.45) is 17.0 Å². The van der Waals surface area contributed by atoms with Crippen LogP contribution in [0, 0.1) is 11.8 Å². The van der Waals surface area contributed by atoms with Gasteiger partial charge in [0.1, 0.15) is 6.61 Å². The van der Waals surface area contributed by atoms with E-state index in [0.717, 1.165) is 5.56 Å². The van der Waals surface area contributed by atoms with Gasteiger partial charge >= 0.3 is 0 Å². The molecule has 0 aromatic heterocycles. The molecular formula is C13H15NO. The third kappa shape index (κ3) is 2.94. The quantitative estimate of drug-likeness (QED) is 0.407. The molecule has 0 unspecified atom stereocenters. The highest BCUT2D eigenvalue weighted by Crippen LogP contribution is 2.37. The number of benzene rings is 1. The molecule has 1 fully saturated rings. The van der Waals surface area contributed by atoms with Crippen LogP contribution >= 0.6 is 0 Å². The molecule has 2 heteroatoms. The third-order valence-electron chi connectivity index (χ3n) is 2.59. The monoisotopic (exact) mass is 201 g/mol. The molecule has 0 N–H and O–H groups in total. The van der Waals surface area contributed by atoms with Crippen LogP contribution in [-0.4, -0.2) is 6.21 Å². The number of allylic oxidation sites excluding steroid dienone is 1. The first-order valence-corrected chi connectivity index (χ1v) is 5.22. The van der Waals surface area contributed by atoms with Crippen LogP contribution in [-0.2, 0) is 11.4 Å². The van der Waals surface area contributed by atoms with Crippen molar-refractivity contribution in [1.29, 1.82) is 0 Å². The molecule has 0 radical (unpaired) electrons. The highest BCUT2D eigenvalue weighted by atomic mass is 16.6. The van der Waals surface area contributed by atoms with Crippen molar-refractivity contribution in [2.75, 3.05) is 0 Å². The molecule has 1 aromatic rings. The Morgan fingerprint density at radius 1 is 1.33 bits per heavy atom. The van der Waals surface area contributed by atoms with Crippen LogP contribution in [0.3, 0.4) is 0 Å². The summed E-state index contributed by atoms with van der Waals surface area (Å²) in [5.74, 6) is 1.17. The van der Waals surface area contributed by atoms with E-state index >= 15 is 0 Å². The van der Waals surface area contributed by atoms with Crippen LogP contribution in [0.5, 0.6) is 0 Å². The molecule has 0 amide bonds. The van der Waals surface area contributed by atoms with E-state index in [1.807, 2.05) is 42.6 Å². The Kier molecular flexibility index (Phi) is 3.18. The van der Waals surface area contributed by atoms with Gasteiger partial charge in [0.05, 0.1) is 0 Å². The zero-order chi connectivity index (χ0) is 10.5. The van der Waals surface area contributed by atoms with Crippen LogP contribution in [0.1, 0.15) is 12.0 Å². The van der Waals surface area contributed by atoms with Crippen LogP contribution in [0.15, 0.2) is 48.1 Å². The fourth-order valence-electron chi connectivity index (χ4n) is 1.49. The topological polar surface area (TPSA) is 21.6 Å². The third-order valence-corrected chi connectivity index (χ3v) is 2.59. The van der Waals surface area contributed by atoms with E-state index in [9.17, 15) is 0 Å². The minimum Gasteiger partial charge on any atom is -0.391 e. The van der Waals surface area contributed by atoms with Gasteiger partial charge in [0.25, 0.3) is 0 Å². The molecular weight excluding hydrogens is 186 g/mol. The lowest BCUT2D eigenvalue weighted by Gasteiger charge is -1.98. The van der Waals surface area contributed by atoms with Gasteiger partial charge in [0.2, 0.25) is 0 Å². The number of hydrogen-bond donors (Lipinski definition) is 0. The SMILES string of the molecule is C=C[C@H]1C[C@@H]1/C=N/OCc1ccccc1. The van der Waals surface area contributed by atoms with Crippen LogP contribution in [0.4, 0.5) is 0 Å². The second-order valence-electron chi connectivity index (χ2n) is 3.81. The molecule has 1 aliphatic rings. The minimum atomic E-state index is 0.544. The fraction of sp³-hybridized carbons (Fsp3) is 0.308. The summed E-state index contributed by atoms with van der Waals surface area (Å²) in [6.07, 6.45) is 5.03. The maximum Gasteiger partial charge on any atom is 0.142 e. The van der Waals surface area contributed by atoms with E-state index in [4.69, 9.17) is 4.84 Å². The Morgan fingerprint density at radius 3 is 2.80 bits per heavy atom. The first kappa shape index (κ1) is 9.97. The van der Waals surface area contributed by atoms with Crippen molar-refractivity contribution in [3.63, 3.8) is 0 Å². The molecule has 1 aromatic carbocycles. The van der Waals surface area contributed by atoms with Crippen LogP contribution in [0.25, 0.3) is 0 Å². The molecule has 15 heavy (non-hydrogen) atoms. The molecule has 1 saturated carbocycles. The summed E-state index contributed by atoms with van der Waals surface area (Å²) in [6.45, 7) is 4.29.